The second-order valence-electron chi connectivity index (χ2n) is 11.5. The van der Waals surface area contributed by atoms with Gasteiger partial charge in [0.25, 0.3) is 0 Å². The highest BCUT2D eigenvalue weighted by atomic mass is 16.7. The quantitative estimate of drug-likeness (QED) is 0.590. The fourth-order valence-corrected chi connectivity index (χ4v) is 5.32. The second-order valence-corrected chi connectivity index (χ2v) is 11.5. The zero-order valence-electron chi connectivity index (χ0n) is 23.1. The second kappa shape index (κ2) is 9.51. The number of rotatable bonds is 5. The molecule has 1 spiro atoms. The monoisotopic (exact) mass is 528 g/mol. The molecule has 5 rings (SSSR count). The van der Waals surface area contributed by atoms with Crippen LogP contribution >= 0.6 is 0 Å². The zero-order chi connectivity index (χ0) is 27.5. The number of amides is 2. The molecule has 206 valence electrons. The van der Waals surface area contributed by atoms with Crippen molar-refractivity contribution in [2.24, 2.45) is 5.92 Å². The first-order valence-electron chi connectivity index (χ1n) is 13.1. The van der Waals surface area contributed by atoms with Crippen LogP contribution in [0, 0.1) is 5.92 Å². The number of hydrogen-bond acceptors (Lipinski definition) is 8. The summed E-state index contributed by atoms with van der Waals surface area (Å²) in [5.74, 6) is -0.800. The van der Waals surface area contributed by atoms with E-state index in [1.54, 1.807) is 4.90 Å². The van der Waals surface area contributed by atoms with Crippen LogP contribution in [0.4, 0.5) is 4.79 Å². The zero-order valence-corrected chi connectivity index (χ0v) is 23.1. The van der Waals surface area contributed by atoms with Crippen LogP contribution in [0.25, 0.3) is 11.0 Å². The van der Waals surface area contributed by atoms with Gasteiger partial charge in [0.1, 0.15) is 11.9 Å². The Morgan fingerprint density at radius 3 is 2.34 bits per heavy atom. The Morgan fingerprint density at radius 1 is 1.11 bits per heavy atom. The van der Waals surface area contributed by atoms with Crippen molar-refractivity contribution in [1.29, 1.82) is 0 Å². The predicted octanol–water partition coefficient (Wildman–Crippen LogP) is 2.87. The average Bonchev–Trinajstić information content (AvgIpc) is 3.61. The minimum Gasteiger partial charge on any atom is -0.453 e. The Morgan fingerprint density at radius 2 is 1.74 bits per heavy atom. The molecule has 0 unspecified atom stereocenters. The number of aromatic nitrogens is 2. The van der Waals surface area contributed by atoms with E-state index < -0.39 is 42.4 Å². The largest absolute Gasteiger partial charge is 0.600 e. The maximum atomic E-state index is 14.1. The first-order chi connectivity index (χ1) is 17.9. The van der Waals surface area contributed by atoms with E-state index in [1.165, 1.54) is 7.11 Å². The van der Waals surface area contributed by atoms with Crippen molar-refractivity contribution in [3.63, 3.8) is 0 Å². The maximum absolute atomic E-state index is 14.1. The molecule has 3 saturated heterocycles. The summed E-state index contributed by atoms with van der Waals surface area (Å²) in [6.07, 6.45) is -0.287. The molecule has 1 aromatic carbocycles. The molecule has 0 bridgehead atoms. The Kier molecular flexibility index (Phi) is 6.74. The Hall–Kier alpha value is -2.67. The number of nitrogens with zero attached hydrogens (tertiary/aromatic N) is 3. The fraction of sp³-hybridized carbons (Fsp3) is 0.654. The standard InChI is InChI=1S/C26H37BN4O7/c1-16(2)20(29-23(33)34-7)22(32)30-15-26(35-12-13-36-26)14-19(30)21-28-17-10-8-9-11-18(17)31(21)27-37-24(3,4)25(5,6)38-27/h8-11,16,19-20H,12-15H2,1-7H3,(H,29,33)/t19-,20-/m0/s1. The number of methoxy groups -OCH3 is 1. The van der Waals surface area contributed by atoms with Crippen molar-refractivity contribution < 1.29 is 33.1 Å². The minimum absolute atomic E-state index is 0.189. The lowest BCUT2D eigenvalue weighted by atomic mass is 9.90. The number of alkyl carbamates (subject to hydrolysis) is 1. The highest BCUT2D eigenvalue weighted by Crippen LogP contribution is 2.45. The molecular formula is C26H37BN4O7. The van der Waals surface area contributed by atoms with Crippen molar-refractivity contribution in [3.05, 3.63) is 30.1 Å². The number of imidazole rings is 1. The molecule has 11 nitrogen and oxygen atoms in total. The topological polar surface area (TPSA) is 113 Å². The lowest BCUT2D eigenvalue weighted by molar-refractivity contribution is -0.153. The molecule has 2 atom stereocenters. The van der Waals surface area contributed by atoms with Crippen molar-refractivity contribution in [1.82, 2.24) is 19.7 Å². The molecular weight excluding hydrogens is 491 g/mol. The van der Waals surface area contributed by atoms with Gasteiger partial charge in [-0.3, -0.25) is 4.79 Å². The number of benzene rings is 1. The van der Waals surface area contributed by atoms with E-state index in [4.69, 9.17) is 28.5 Å². The average molecular weight is 528 g/mol. The summed E-state index contributed by atoms with van der Waals surface area (Å²) in [5, 5.41) is 2.70. The summed E-state index contributed by atoms with van der Waals surface area (Å²) in [4.78, 5) is 32.9. The number of nitrogens with one attached hydrogen (secondary N) is 1. The molecule has 3 fully saturated rings. The van der Waals surface area contributed by atoms with Crippen LogP contribution in [0.3, 0.4) is 0 Å². The predicted molar refractivity (Wildman–Crippen MR) is 139 cm³/mol. The first kappa shape index (κ1) is 26.9. The van der Waals surface area contributed by atoms with Gasteiger partial charge in [0.2, 0.25) is 5.91 Å². The van der Waals surface area contributed by atoms with Gasteiger partial charge >= 0.3 is 13.3 Å². The molecule has 0 saturated carbocycles. The molecule has 0 radical (unpaired) electrons. The van der Waals surface area contributed by atoms with Crippen LogP contribution in [0.5, 0.6) is 0 Å². The van der Waals surface area contributed by atoms with Gasteiger partial charge in [-0.05, 0) is 45.7 Å². The van der Waals surface area contributed by atoms with Gasteiger partial charge in [-0.2, -0.15) is 0 Å². The number of hydrogen-bond donors (Lipinski definition) is 1. The molecule has 3 aliphatic heterocycles. The third-order valence-corrected chi connectivity index (χ3v) is 8.15. The smallest absolute Gasteiger partial charge is 0.453 e. The number of carbonyl (C=O) groups excluding carboxylic acids is 2. The molecule has 2 aromatic rings. The van der Waals surface area contributed by atoms with E-state index >= 15 is 0 Å². The van der Waals surface area contributed by atoms with E-state index in [0.29, 0.717) is 25.5 Å². The number of fused-ring (bicyclic) bond motifs is 1. The van der Waals surface area contributed by atoms with Gasteiger partial charge in [-0.1, -0.05) is 26.0 Å². The van der Waals surface area contributed by atoms with Crippen LogP contribution in [0.2, 0.25) is 0 Å². The Balaban J connectivity index is 1.60. The summed E-state index contributed by atoms with van der Waals surface area (Å²) < 4.78 is 31.7. The number of carbonyl (C=O) groups is 2. The maximum Gasteiger partial charge on any atom is 0.600 e. The minimum atomic E-state index is -0.952. The lowest BCUT2D eigenvalue weighted by Crippen LogP contribution is -2.52. The van der Waals surface area contributed by atoms with Gasteiger partial charge < -0.3 is 38.2 Å². The summed E-state index contributed by atoms with van der Waals surface area (Å²) in [6.45, 7) is 12.8. The van der Waals surface area contributed by atoms with E-state index in [1.807, 2.05) is 70.3 Å². The SMILES string of the molecule is COC(=O)N[C@H](C(=O)N1CC2(C[C@H]1c1nc3ccccc3n1B1OC(C)(C)C(C)(C)O1)OCCO2)C(C)C. The summed E-state index contributed by atoms with van der Waals surface area (Å²) in [7, 11) is 0.522. The van der Waals surface area contributed by atoms with Crippen molar-refractivity contribution >= 4 is 30.3 Å². The molecule has 4 heterocycles. The van der Waals surface area contributed by atoms with Gasteiger partial charge in [-0.15, -0.1) is 0 Å². The third kappa shape index (κ3) is 4.47. The first-order valence-corrected chi connectivity index (χ1v) is 13.1. The molecule has 38 heavy (non-hydrogen) atoms. The summed E-state index contributed by atoms with van der Waals surface area (Å²) in [5.41, 5.74) is 0.442. The third-order valence-electron chi connectivity index (χ3n) is 8.15. The van der Waals surface area contributed by atoms with Crippen LogP contribution in [0.1, 0.15) is 59.8 Å². The molecule has 1 aromatic heterocycles. The van der Waals surface area contributed by atoms with Gasteiger partial charge in [0.15, 0.2) is 5.79 Å². The Bertz CT molecular complexity index is 1210. The fourth-order valence-electron chi connectivity index (χ4n) is 5.32. The molecule has 2 amide bonds. The normalized spacial score (nSPS) is 24.5. The highest BCUT2D eigenvalue weighted by Gasteiger charge is 2.57. The van der Waals surface area contributed by atoms with E-state index in [0.717, 1.165) is 11.0 Å². The number of para-hydroxylation sites is 2. The molecule has 3 aliphatic rings. The van der Waals surface area contributed by atoms with Crippen LogP contribution in [-0.4, -0.2) is 83.5 Å². The van der Waals surface area contributed by atoms with E-state index in [-0.39, 0.29) is 18.4 Å². The van der Waals surface area contributed by atoms with Crippen molar-refractivity contribution in [2.45, 2.75) is 77.0 Å². The van der Waals surface area contributed by atoms with Crippen LogP contribution in [0.15, 0.2) is 24.3 Å². The Labute approximate surface area is 223 Å². The highest BCUT2D eigenvalue weighted by molar-refractivity contribution is 6.45. The summed E-state index contributed by atoms with van der Waals surface area (Å²) >= 11 is 0. The van der Waals surface area contributed by atoms with Crippen LogP contribution in [-0.2, 0) is 28.3 Å². The van der Waals surface area contributed by atoms with Gasteiger partial charge in [-0.25, -0.2) is 9.78 Å². The number of likely N-dealkylation sites (tertiary alicyclic amines) is 1. The number of ether oxygens (including phenoxy) is 3. The lowest BCUT2D eigenvalue weighted by Gasteiger charge is -2.32. The molecule has 12 heteroatoms. The molecule has 0 aliphatic carbocycles. The van der Waals surface area contributed by atoms with Crippen molar-refractivity contribution in [3.8, 4) is 0 Å². The van der Waals surface area contributed by atoms with Gasteiger partial charge in [0.05, 0.1) is 55.1 Å². The van der Waals surface area contributed by atoms with E-state index in [2.05, 4.69) is 5.32 Å². The van der Waals surface area contributed by atoms with Gasteiger partial charge in [0, 0.05) is 6.42 Å². The van der Waals surface area contributed by atoms with Crippen LogP contribution < -0.4 is 5.32 Å². The summed E-state index contributed by atoms with van der Waals surface area (Å²) in [6, 6.07) is 6.42. The molecule has 1 N–H and O–H groups in total. The van der Waals surface area contributed by atoms with Crippen molar-refractivity contribution in [2.75, 3.05) is 26.9 Å². The van der Waals surface area contributed by atoms with E-state index in [9.17, 15) is 9.59 Å².